The van der Waals surface area contributed by atoms with Crippen LogP contribution < -0.4 is 0 Å². The fraction of sp³-hybridized carbons (Fsp3) is 0.143. The fourth-order valence-electron chi connectivity index (χ4n) is 1.57. The molecule has 0 radical (unpaired) electrons. The van der Waals surface area contributed by atoms with Gasteiger partial charge in [0.2, 0.25) is 0 Å². The van der Waals surface area contributed by atoms with Crippen molar-refractivity contribution in [3.63, 3.8) is 0 Å². The highest BCUT2D eigenvalue weighted by molar-refractivity contribution is 6.30. The summed E-state index contributed by atoms with van der Waals surface area (Å²) in [6, 6.07) is 11.0. The molecule has 2 aromatic rings. The van der Waals surface area contributed by atoms with E-state index in [0.717, 1.165) is 11.3 Å². The van der Waals surface area contributed by atoms with Crippen molar-refractivity contribution in [2.75, 3.05) is 0 Å². The van der Waals surface area contributed by atoms with Gasteiger partial charge >= 0.3 is 0 Å². The maximum atomic E-state index is 12.0. The van der Waals surface area contributed by atoms with E-state index in [2.05, 4.69) is 4.98 Å². The van der Waals surface area contributed by atoms with E-state index in [1.807, 2.05) is 25.1 Å². The normalized spacial score (nSPS) is 10.2. The number of aromatic nitrogens is 1. The maximum Gasteiger partial charge on any atom is 0.168 e. The van der Waals surface area contributed by atoms with Crippen molar-refractivity contribution in [2.45, 2.75) is 13.3 Å². The highest BCUT2D eigenvalue weighted by atomic mass is 35.5. The molecule has 1 aromatic carbocycles. The van der Waals surface area contributed by atoms with Crippen molar-refractivity contribution in [3.05, 3.63) is 64.4 Å². The van der Waals surface area contributed by atoms with Crippen LogP contribution in [0, 0.1) is 6.92 Å². The lowest BCUT2D eigenvalue weighted by atomic mass is 10.0. The Labute approximate surface area is 105 Å². The second-order valence-corrected chi connectivity index (χ2v) is 4.35. The minimum Gasteiger partial charge on any atom is -0.294 e. The van der Waals surface area contributed by atoms with Crippen molar-refractivity contribution in [3.8, 4) is 0 Å². The Bertz CT molecular complexity index is 534. The zero-order chi connectivity index (χ0) is 12.3. The molecule has 0 bridgehead atoms. The fourth-order valence-corrected chi connectivity index (χ4v) is 1.78. The summed E-state index contributed by atoms with van der Waals surface area (Å²) in [6.45, 7) is 1.89. The average molecular weight is 246 g/mol. The number of nitrogens with zero attached hydrogens (tertiary/aromatic N) is 1. The van der Waals surface area contributed by atoms with Gasteiger partial charge in [-0.25, -0.2) is 0 Å². The molecule has 0 aliphatic heterocycles. The van der Waals surface area contributed by atoms with Gasteiger partial charge in [-0.15, -0.1) is 0 Å². The van der Waals surface area contributed by atoms with Gasteiger partial charge in [0, 0.05) is 28.9 Å². The van der Waals surface area contributed by atoms with Gasteiger partial charge in [-0.2, -0.15) is 0 Å². The molecule has 0 aliphatic rings. The summed E-state index contributed by atoms with van der Waals surface area (Å²) in [5.41, 5.74) is 2.46. The topological polar surface area (TPSA) is 30.0 Å². The monoisotopic (exact) mass is 245 g/mol. The number of Topliss-reactive ketones (excluding diaryl/α,β-unsaturated/α-hetero) is 1. The third kappa shape index (κ3) is 3.14. The molecule has 0 saturated heterocycles. The van der Waals surface area contributed by atoms with Crippen molar-refractivity contribution in [2.24, 2.45) is 0 Å². The highest BCUT2D eigenvalue weighted by Crippen LogP contribution is 2.13. The van der Waals surface area contributed by atoms with Crippen LogP contribution in [0.1, 0.15) is 21.6 Å². The maximum absolute atomic E-state index is 12.0. The van der Waals surface area contributed by atoms with E-state index in [4.69, 9.17) is 11.6 Å². The molecule has 2 rings (SSSR count). The zero-order valence-corrected chi connectivity index (χ0v) is 10.2. The molecule has 1 heterocycles. The van der Waals surface area contributed by atoms with E-state index in [-0.39, 0.29) is 5.78 Å². The SMILES string of the molecule is Cc1ccc(C(=O)Cc2cccc(Cl)c2)cn1. The van der Waals surface area contributed by atoms with Crippen LogP contribution in [-0.4, -0.2) is 10.8 Å². The molecule has 0 aliphatic carbocycles. The van der Waals surface area contributed by atoms with E-state index in [9.17, 15) is 4.79 Å². The Morgan fingerprint density at radius 1 is 1.29 bits per heavy atom. The summed E-state index contributed by atoms with van der Waals surface area (Å²) in [4.78, 5) is 16.1. The van der Waals surface area contributed by atoms with Crippen molar-refractivity contribution in [1.82, 2.24) is 4.98 Å². The molecule has 3 heteroatoms. The molecule has 1 aromatic heterocycles. The molecule has 0 fully saturated rings. The summed E-state index contributed by atoms with van der Waals surface area (Å²) in [7, 11) is 0. The first-order valence-electron chi connectivity index (χ1n) is 5.35. The van der Waals surface area contributed by atoms with Crippen LogP contribution >= 0.6 is 11.6 Å². The van der Waals surface area contributed by atoms with E-state index in [1.165, 1.54) is 0 Å². The standard InChI is InChI=1S/C14H12ClNO/c1-10-5-6-12(9-16-10)14(17)8-11-3-2-4-13(15)7-11/h2-7,9H,8H2,1H3. The summed E-state index contributed by atoms with van der Waals surface area (Å²) >= 11 is 5.87. The van der Waals surface area contributed by atoms with Crippen LogP contribution in [0.2, 0.25) is 5.02 Å². The number of hydrogen-bond acceptors (Lipinski definition) is 2. The molecule has 17 heavy (non-hydrogen) atoms. The predicted octanol–water partition coefficient (Wildman–Crippen LogP) is 3.47. The molecular weight excluding hydrogens is 234 g/mol. The second-order valence-electron chi connectivity index (χ2n) is 3.92. The van der Waals surface area contributed by atoms with Gasteiger partial charge in [0.1, 0.15) is 0 Å². The first kappa shape index (κ1) is 11.8. The Morgan fingerprint density at radius 2 is 2.12 bits per heavy atom. The molecule has 0 N–H and O–H groups in total. The minimum atomic E-state index is 0.0553. The van der Waals surface area contributed by atoms with Crippen LogP contribution in [0.15, 0.2) is 42.6 Å². The number of aryl methyl sites for hydroxylation is 1. The quantitative estimate of drug-likeness (QED) is 0.775. The van der Waals surface area contributed by atoms with E-state index < -0.39 is 0 Å². The molecule has 2 nitrogen and oxygen atoms in total. The lowest BCUT2D eigenvalue weighted by Gasteiger charge is -2.02. The molecule has 0 saturated carbocycles. The molecule has 0 spiro atoms. The smallest absolute Gasteiger partial charge is 0.168 e. The van der Waals surface area contributed by atoms with Gasteiger partial charge in [0.05, 0.1) is 0 Å². The van der Waals surface area contributed by atoms with Crippen LogP contribution in [0.25, 0.3) is 0 Å². The average Bonchev–Trinajstić information content (AvgIpc) is 2.29. The highest BCUT2D eigenvalue weighted by Gasteiger charge is 2.07. The molecule has 0 atom stereocenters. The summed E-state index contributed by atoms with van der Waals surface area (Å²) in [5.74, 6) is 0.0553. The van der Waals surface area contributed by atoms with E-state index >= 15 is 0 Å². The third-order valence-corrected chi connectivity index (χ3v) is 2.72. The molecule has 86 valence electrons. The lowest BCUT2D eigenvalue weighted by Crippen LogP contribution is -2.04. The number of benzene rings is 1. The largest absolute Gasteiger partial charge is 0.294 e. The minimum absolute atomic E-state index is 0.0553. The second kappa shape index (κ2) is 5.11. The van der Waals surface area contributed by atoms with Gasteiger partial charge < -0.3 is 0 Å². The van der Waals surface area contributed by atoms with Gasteiger partial charge in [0.25, 0.3) is 0 Å². The molecule has 0 unspecified atom stereocenters. The van der Waals surface area contributed by atoms with Gasteiger partial charge in [-0.1, -0.05) is 23.7 Å². The first-order valence-corrected chi connectivity index (χ1v) is 5.73. The number of ketones is 1. The number of carbonyl (C=O) groups excluding carboxylic acids is 1. The van der Waals surface area contributed by atoms with Crippen LogP contribution in [-0.2, 0) is 6.42 Å². The summed E-state index contributed by atoms with van der Waals surface area (Å²) < 4.78 is 0. The van der Waals surface area contributed by atoms with Crippen molar-refractivity contribution in [1.29, 1.82) is 0 Å². The predicted molar refractivity (Wildman–Crippen MR) is 68.5 cm³/mol. The Balaban J connectivity index is 2.14. The number of hydrogen-bond donors (Lipinski definition) is 0. The lowest BCUT2D eigenvalue weighted by molar-refractivity contribution is 0.0992. The van der Waals surface area contributed by atoms with Crippen molar-refractivity contribution >= 4 is 17.4 Å². The number of halogens is 1. The van der Waals surface area contributed by atoms with E-state index in [0.29, 0.717) is 17.0 Å². The van der Waals surface area contributed by atoms with Crippen LogP contribution in [0.3, 0.4) is 0 Å². The van der Waals surface area contributed by atoms with Crippen LogP contribution in [0.5, 0.6) is 0 Å². The number of carbonyl (C=O) groups is 1. The molecular formula is C14H12ClNO. The third-order valence-electron chi connectivity index (χ3n) is 2.49. The van der Waals surface area contributed by atoms with Gasteiger partial charge in [-0.05, 0) is 36.8 Å². The van der Waals surface area contributed by atoms with Crippen molar-refractivity contribution < 1.29 is 4.79 Å². The Morgan fingerprint density at radius 3 is 2.76 bits per heavy atom. The molecule has 0 amide bonds. The number of rotatable bonds is 3. The summed E-state index contributed by atoms with van der Waals surface area (Å²) in [6.07, 6.45) is 1.97. The van der Waals surface area contributed by atoms with Crippen LogP contribution in [0.4, 0.5) is 0 Å². The Hall–Kier alpha value is -1.67. The number of pyridine rings is 1. The zero-order valence-electron chi connectivity index (χ0n) is 9.48. The van der Waals surface area contributed by atoms with E-state index in [1.54, 1.807) is 24.4 Å². The van der Waals surface area contributed by atoms with Gasteiger partial charge in [-0.3, -0.25) is 9.78 Å². The Kier molecular flexibility index (Phi) is 3.55. The summed E-state index contributed by atoms with van der Waals surface area (Å²) in [5, 5.41) is 0.650. The van der Waals surface area contributed by atoms with Gasteiger partial charge in [0.15, 0.2) is 5.78 Å². The first-order chi connectivity index (χ1) is 8.15.